The molecule has 0 aliphatic heterocycles. The van der Waals surface area contributed by atoms with E-state index in [9.17, 15) is 23.1 Å². The van der Waals surface area contributed by atoms with Crippen molar-refractivity contribution in [2.24, 2.45) is 0 Å². The zero-order valence-corrected chi connectivity index (χ0v) is 13.8. The fourth-order valence-electron chi connectivity index (χ4n) is 2.35. The number of aromatic amines is 1. The van der Waals surface area contributed by atoms with Gasteiger partial charge in [0.05, 0.1) is 5.69 Å². The van der Waals surface area contributed by atoms with Crippen molar-refractivity contribution in [1.82, 2.24) is 9.97 Å². The van der Waals surface area contributed by atoms with Crippen LogP contribution in [0.4, 0.5) is 18.9 Å². The van der Waals surface area contributed by atoms with E-state index >= 15 is 0 Å². The molecule has 5 nitrogen and oxygen atoms in total. The van der Waals surface area contributed by atoms with Crippen molar-refractivity contribution in [3.8, 4) is 5.75 Å². The zero-order valence-electron chi connectivity index (χ0n) is 13.8. The highest BCUT2D eigenvalue weighted by Crippen LogP contribution is 2.28. The van der Waals surface area contributed by atoms with Crippen LogP contribution in [0.3, 0.4) is 0 Å². The minimum absolute atomic E-state index is 0.0125. The Morgan fingerprint density at radius 3 is 2.44 bits per heavy atom. The Morgan fingerprint density at radius 1 is 1.20 bits per heavy atom. The van der Waals surface area contributed by atoms with Gasteiger partial charge in [0, 0.05) is 30.4 Å². The summed E-state index contributed by atoms with van der Waals surface area (Å²) >= 11 is 0. The summed E-state index contributed by atoms with van der Waals surface area (Å²) in [7, 11) is 0. The summed E-state index contributed by atoms with van der Waals surface area (Å²) in [5, 5.41) is 10.1. The second kappa shape index (κ2) is 7.42. The monoisotopic (exact) mass is 353 g/mol. The second-order valence-electron chi connectivity index (χ2n) is 5.27. The average Bonchev–Trinajstić information content (AvgIpc) is 2.54. The maximum absolute atomic E-state index is 12.7. The van der Waals surface area contributed by atoms with E-state index in [0.717, 1.165) is 24.8 Å². The molecule has 0 aliphatic rings. The average molecular weight is 353 g/mol. The van der Waals surface area contributed by atoms with Crippen molar-refractivity contribution < 1.29 is 18.3 Å². The van der Waals surface area contributed by atoms with Crippen LogP contribution in [-0.2, 0) is 6.18 Å². The van der Waals surface area contributed by atoms with Gasteiger partial charge in [-0.25, -0.2) is 4.79 Å². The van der Waals surface area contributed by atoms with Crippen LogP contribution in [0.15, 0.2) is 29.1 Å². The summed E-state index contributed by atoms with van der Waals surface area (Å²) in [5.41, 5.74) is -1.16. The van der Waals surface area contributed by atoms with Gasteiger partial charge < -0.3 is 15.0 Å². The number of rotatable bonds is 5. The standard InChI is InChI=1S/C17H18F3N3O2/c1-3-23(4-2)13-8-6-11(14(24)10-13)5-7-12-9-15(17(18,19)20)22-16(25)21-12/h5-10,24H,3-4H2,1-2H3,(H,21,22,25). The number of nitrogens with one attached hydrogen (secondary N) is 1. The lowest BCUT2D eigenvalue weighted by Crippen LogP contribution is -2.21. The van der Waals surface area contributed by atoms with Crippen LogP contribution in [0.2, 0.25) is 0 Å². The molecule has 0 radical (unpaired) electrons. The van der Waals surface area contributed by atoms with Gasteiger partial charge >= 0.3 is 11.9 Å². The topological polar surface area (TPSA) is 69.2 Å². The predicted octanol–water partition coefficient (Wildman–Crippen LogP) is 3.51. The Labute approximate surface area is 142 Å². The maximum atomic E-state index is 12.7. The molecule has 2 aromatic rings. The quantitative estimate of drug-likeness (QED) is 0.863. The highest BCUT2D eigenvalue weighted by molar-refractivity contribution is 5.73. The number of phenolic OH excluding ortho intramolecular Hbond substituents is 1. The van der Waals surface area contributed by atoms with Crippen LogP contribution in [0.1, 0.15) is 30.8 Å². The summed E-state index contributed by atoms with van der Waals surface area (Å²) in [6.07, 6.45) is -2.02. The van der Waals surface area contributed by atoms with E-state index in [1.165, 1.54) is 12.2 Å². The molecule has 0 spiro atoms. The first kappa shape index (κ1) is 18.6. The SMILES string of the molecule is CCN(CC)c1ccc(C=Cc2cc(C(F)(F)F)[nH]c(=O)n2)c(O)c1. The van der Waals surface area contributed by atoms with Crippen LogP contribution in [-0.4, -0.2) is 28.2 Å². The van der Waals surface area contributed by atoms with Crippen LogP contribution >= 0.6 is 0 Å². The molecule has 0 atom stereocenters. The van der Waals surface area contributed by atoms with E-state index in [2.05, 4.69) is 4.98 Å². The lowest BCUT2D eigenvalue weighted by molar-refractivity contribution is -0.141. The van der Waals surface area contributed by atoms with Crippen LogP contribution < -0.4 is 10.6 Å². The molecule has 1 aromatic heterocycles. The third-order valence-electron chi connectivity index (χ3n) is 3.65. The number of hydrogen-bond donors (Lipinski definition) is 2. The lowest BCUT2D eigenvalue weighted by atomic mass is 10.1. The van der Waals surface area contributed by atoms with Crippen LogP contribution in [0, 0.1) is 0 Å². The Balaban J connectivity index is 2.31. The molecule has 1 heterocycles. The number of phenols is 1. The molecule has 0 saturated heterocycles. The molecule has 134 valence electrons. The van der Waals surface area contributed by atoms with E-state index in [0.29, 0.717) is 5.56 Å². The summed E-state index contributed by atoms with van der Waals surface area (Å²) in [4.78, 5) is 18.4. The first-order valence-electron chi connectivity index (χ1n) is 7.69. The first-order chi connectivity index (χ1) is 11.7. The molecule has 2 rings (SSSR count). The summed E-state index contributed by atoms with van der Waals surface area (Å²) < 4.78 is 38.1. The third kappa shape index (κ3) is 4.62. The van der Waals surface area contributed by atoms with Crippen molar-refractivity contribution in [3.05, 3.63) is 51.7 Å². The van der Waals surface area contributed by atoms with E-state index in [4.69, 9.17) is 0 Å². The van der Waals surface area contributed by atoms with E-state index in [-0.39, 0.29) is 11.4 Å². The molecular formula is C17H18F3N3O2. The van der Waals surface area contributed by atoms with Crippen molar-refractivity contribution in [1.29, 1.82) is 0 Å². The molecule has 8 heteroatoms. The van der Waals surface area contributed by atoms with Gasteiger partial charge in [-0.1, -0.05) is 0 Å². The lowest BCUT2D eigenvalue weighted by Gasteiger charge is -2.21. The van der Waals surface area contributed by atoms with Gasteiger partial charge in [0.1, 0.15) is 11.4 Å². The molecule has 25 heavy (non-hydrogen) atoms. The number of H-pyrrole nitrogens is 1. The first-order valence-corrected chi connectivity index (χ1v) is 7.69. The summed E-state index contributed by atoms with van der Waals surface area (Å²) in [5.74, 6) is -0.0125. The van der Waals surface area contributed by atoms with E-state index in [1.807, 2.05) is 18.7 Å². The number of halogens is 3. The van der Waals surface area contributed by atoms with Gasteiger partial charge in [-0.3, -0.25) is 0 Å². The Hall–Kier alpha value is -2.77. The zero-order chi connectivity index (χ0) is 18.6. The molecule has 0 fully saturated rings. The highest BCUT2D eigenvalue weighted by Gasteiger charge is 2.32. The largest absolute Gasteiger partial charge is 0.507 e. The molecule has 1 aromatic carbocycles. The van der Waals surface area contributed by atoms with Gasteiger partial charge in [-0.15, -0.1) is 0 Å². The van der Waals surface area contributed by atoms with Crippen LogP contribution in [0.25, 0.3) is 12.2 Å². The van der Waals surface area contributed by atoms with Gasteiger partial charge in [-0.2, -0.15) is 18.2 Å². The maximum Gasteiger partial charge on any atom is 0.431 e. The Morgan fingerprint density at radius 2 is 1.88 bits per heavy atom. The van der Waals surface area contributed by atoms with Gasteiger partial charge in [0.15, 0.2) is 0 Å². The van der Waals surface area contributed by atoms with E-state index in [1.54, 1.807) is 23.2 Å². The summed E-state index contributed by atoms with van der Waals surface area (Å²) in [6.45, 7) is 5.54. The van der Waals surface area contributed by atoms with Gasteiger partial charge in [0.2, 0.25) is 0 Å². The number of aromatic hydroxyl groups is 1. The second-order valence-corrected chi connectivity index (χ2v) is 5.27. The minimum Gasteiger partial charge on any atom is -0.507 e. The van der Waals surface area contributed by atoms with Crippen molar-refractivity contribution in [2.45, 2.75) is 20.0 Å². The highest BCUT2D eigenvalue weighted by atomic mass is 19.4. The fraction of sp³-hybridized carbons (Fsp3) is 0.294. The Kier molecular flexibility index (Phi) is 5.51. The molecule has 0 amide bonds. The fourth-order valence-corrected chi connectivity index (χ4v) is 2.35. The van der Waals surface area contributed by atoms with E-state index < -0.39 is 17.6 Å². The van der Waals surface area contributed by atoms with Crippen LogP contribution in [0.5, 0.6) is 5.75 Å². The molecular weight excluding hydrogens is 335 g/mol. The normalized spacial score (nSPS) is 11.9. The number of anilines is 1. The number of hydrogen-bond acceptors (Lipinski definition) is 4. The predicted molar refractivity (Wildman–Crippen MR) is 90.5 cm³/mol. The number of alkyl halides is 3. The van der Waals surface area contributed by atoms with Gasteiger partial charge in [0.25, 0.3) is 0 Å². The third-order valence-corrected chi connectivity index (χ3v) is 3.65. The van der Waals surface area contributed by atoms with Crippen molar-refractivity contribution in [3.63, 3.8) is 0 Å². The smallest absolute Gasteiger partial charge is 0.431 e. The minimum atomic E-state index is -4.67. The molecule has 2 N–H and O–H groups in total. The van der Waals surface area contributed by atoms with Crippen molar-refractivity contribution in [2.75, 3.05) is 18.0 Å². The molecule has 0 saturated carbocycles. The number of nitrogens with zero attached hydrogens (tertiary/aromatic N) is 2. The number of benzene rings is 1. The van der Waals surface area contributed by atoms with Crippen molar-refractivity contribution >= 4 is 17.8 Å². The molecule has 0 bridgehead atoms. The number of aromatic nitrogens is 2. The van der Waals surface area contributed by atoms with Gasteiger partial charge in [-0.05, 0) is 44.2 Å². The molecule has 0 unspecified atom stereocenters. The molecule has 0 aliphatic carbocycles. The summed E-state index contributed by atoms with van der Waals surface area (Å²) in [6, 6.07) is 5.77. The Bertz CT molecular complexity index is 825.